The molecule has 0 saturated heterocycles. The second-order valence-corrected chi connectivity index (χ2v) is 4.58. The van der Waals surface area contributed by atoms with Crippen molar-refractivity contribution in [2.24, 2.45) is 12.8 Å². The van der Waals surface area contributed by atoms with Crippen molar-refractivity contribution in [3.63, 3.8) is 0 Å². The third-order valence-corrected chi connectivity index (χ3v) is 3.25. The van der Waals surface area contributed by atoms with Crippen LogP contribution in [0.2, 0.25) is 5.15 Å². The number of aromatic nitrogens is 2. The third kappa shape index (κ3) is 3.20. The van der Waals surface area contributed by atoms with Gasteiger partial charge in [-0.25, -0.2) is 0 Å². The van der Waals surface area contributed by atoms with E-state index < -0.39 is 0 Å². The Kier molecular flexibility index (Phi) is 4.77. The van der Waals surface area contributed by atoms with Gasteiger partial charge >= 0.3 is 0 Å². The summed E-state index contributed by atoms with van der Waals surface area (Å²) in [4.78, 5) is 0. The van der Waals surface area contributed by atoms with Crippen molar-refractivity contribution in [3.05, 3.63) is 16.4 Å². The quantitative estimate of drug-likeness (QED) is 0.859. The van der Waals surface area contributed by atoms with Crippen molar-refractivity contribution in [1.29, 1.82) is 0 Å². The zero-order chi connectivity index (χ0) is 12.3. The second-order valence-electron chi connectivity index (χ2n) is 4.22. The van der Waals surface area contributed by atoms with Crippen molar-refractivity contribution in [3.8, 4) is 0 Å². The summed E-state index contributed by atoms with van der Waals surface area (Å²) in [6.45, 7) is 3.96. The Hall–Kier alpha value is -0.580. The van der Waals surface area contributed by atoms with Crippen LogP contribution in [0.25, 0.3) is 0 Å². The van der Waals surface area contributed by atoms with E-state index in [1.807, 2.05) is 20.9 Å². The Morgan fingerprint density at radius 1 is 1.56 bits per heavy atom. The van der Waals surface area contributed by atoms with Gasteiger partial charge in [-0.1, -0.05) is 11.6 Å². The van der Waals surface area contributed by atoms with Crippen LogP contribution in [0.15, 0.2) is 0 Å². The molecule has 0 amide bonds. The molecule has 2 unspecified atom stereocenters. The predicted molar refractivity (Wildman–Crippen MR) is 65.7 cm³/mol. The Morgan fingerprint density at radius 2 is 2.19 bits per heavy atom. The average molecular weight is 246 g/mol. The van der Waals surface area contributed by atoms with E-state index in [4.69, 9.17) is 22.1 Å². The molecule has 0 fully saturated rings. The van der Waals surface area contributed by atoms with Crippen molar-refractivity contribution in [2.45, 2.75) is 38.8 Å². The molecule has 5 heteroatoms. The van der Waals surface area contributed by atoms with Gasteiger partial charge in [0, 0.05) is 25.8 Å². The SMILES string of the molecule is COC(C)CC(N)Cc1c(C)nn(C)c1Cl. The lowest BCUT2D eigenvalue weighted by Gasteiger charge is -2.15. The Labute approximate surface area is 102 Å². The van der Waals surface area contributed by atoms with Gasteiger partial charge in [-0.15, -0.1) is 0 Å². The molecule has 0 bridgehead atoms. The Balaban J connectivity index is 2.65. The lowest BCUT2D eigenvalue weighted by atomic mass is 10.0. The van der Waals surface area contributed by atoms with Crippen molar-refractivity contribution < 1.29 is 4.74 Å². The van der Waals surface area contributed by atoms with Gasteiger partial charge in [0.15, 0.2) is 0 Å². The van der Waals surface area contributed by atoms with E-state index in [-0.39, 0.29) is 12.1 Å². The molecule has 0 saturated carbocycles. The number of hydrogen-bond acceptors (Lipinski definition) is 3. The zero-order valence-corrected chi connectivity index (χ0v) is 11.1. The number of hydrogen-bond donors (Lipinski definition) is 1. The first kappa shape index (κ1) is 13.5. The molecule has 1 heterocycles. The summed E-state index contributed by atoms with van der Waals surface area (Å²) in [6.07, 6.45) is 1.73. The first-order valence-corrected chi connectivity index (χ1v) is 5.79. The van der Waals surface area contributed by atoms with E-state index in [1.165, 1.54) is 0 Å². The van der Waals surface area contributed by atoms with E-state index in [9.17, 15) is 0 Å². The highest BCUT2D eigenvalue weighted by atomic mass is 35.5. The van der Waals surface area contributed by atoms with Gasteiger partial charge in [0.05, 0.1) is 11.8 Å². The molecule has 1 rings (SSSR count). The maximum absolute atomic E-state index is 6.14. The van der Waals surface area contributed by atoms with Crippen LogP contribution < -0.4 is 5.73 Å². The fraction of sp³-hybridized carbons (Fsp3) is 0.727. The Morgan fingerprint density at radius 3 is 2.62 bits per heavy atom. The van der Waals surface area contributed by atoms with Crippen LogP contribution in [-0.4, -0.2) is 29.0 Å². The molecule has 0 aromatic carbocycles. The van der Waals surface area contributed by atoms with Crippen LogP contribution in [0.5, 0.6) is 0 Å². The minimum atomic E-state index is 0.0512. The monoisotopic (exact) mass is 245 g/mol. The van der Waals surface area contributed by atoms with Crippen LogP contribution in [-0.2, 0) is 18.2 Å². The highest BCUT2D eigenvalue weighted by Crippen LogP contribution is 2.20. The number of nitrogens with two attached hydrogens (primary N) is 1. The average Bonchev–Trinajstić information content (AvgIpc) is 2.45. The van der Waals surface area contributed by atoms with Crippen molar-refractivity contribution in [1.82, 2.24) is 9.78 Å². The number of halogens is 1. The third-order valence-electron chi connectivity index (χ3n) is 2.77. The highest BCUT2D eigenvalue weighted by molar-refractivity contribution is 6.30. The first-order chi connectivity index (χ1) is 7.45. The number of nitrogens with zero attached hydrogens (tertiary/aromatic N) is 2. The van der Waals surface area contributed by atoms with Crippen LogP contribution in [0, 0.1) is 6.92 Å². The minimum Gasteiger partial charge on any atom is -0.382 e. The van der Waals surface area contributed by atoms with Crippen LogP contribution in [0.3, 0.4) is 0 Å². The molecule has 92 valence electrons. The zero-order valence-electron chi connectivity index (χ0n) is 10.3. The fourth-order valence-corrected chi connectivity index (χ4v) is 2.03. The highest BCUT2D eigenvalue weighted by Gasteiger charge is 2.16. The number of methoxy groups -OCH3 is 1. The van der Waals surface area contributed by atoms with E-state index in [1.54, 1.807) is 11.8 Å². The van der Waals surface area contributed by atoms with Crippen LogP contribution >= 0.6 is 11.6 Å². The molecule has 0 aliphatic rings. The molecule has 0 radical (unpaired) electrons. The molecule has 0 aliphatic heterocycles. The van der Waals surface area contributed by atoms with E-state index >= 15 is 0 Å². The molecule has 16 heavy (non-hydrogen) atoms. The smallest absolute Gasteiger partial charge is 0.130 e. The topological polar surface area (TPSA) is 53.1 Å². The van der Waals surface area contributed by atoms with Gasteiger partial charge in [0.2, 0.25) is 0 Å². The number of aryl methyl sites for hydroxylation is 2. The van der Waals surface area contributed by atoms with Gasteiger partial charge in [0.25, 0.3) is 0 Å². The minimum absolute atomic E-state index is 0.0512. The summed E-state index contributed by atoms with van der Waals surface area (Å²) >= 11 is 6.14. The molecule has 0 aliphatic carbocycles. The molecule has 2 atom stereocenters. The number of ether oxygens (including phenoxy) is 1. The molecule has 0 spiro atoms. The Bertz CT molecular complexity index is 351. The normalized spacial score (nSPS) is 15.1. The van der Waals surface area contributed by atoms with Crippen LogP contribution in [0.4, 0.5) is 0 Å². The second kappa shape index (κ2) is 5.66. The van der Waals surface area contributed by atoms with Crippen molar-refractivity contribution >= 4 is 11.6 Å². The van der Waals surface area contributed by atoms with Crippen molar-refractivity contribution in [2.75, 3.05) is 7.11 Å². The van der Waals surface area contributed by atoms with Gasteiger partial charge < -0.3 is 10.5 Å². The molecule has 2 N–H and O–H groups in total. The summed E-state index contributed by atoms with van der Waals surface area (Å²) < 4.78 is 6.87. The first-order valence-electron chi connectivity index (χ1n) is 5.42. The van der Waals surface area contributed by atoms with E-state index in [0.717, 1.165) is 24.1 Å². The van der Waals surface area contributed by atoms with Gasteiger partial charge in [0.1, 0.15) is 5.15 Å². The fourth-order valence-electron chi connectivity index (χ4n) is 1.77. The summed E-state index contributed by atoms with van der Waals surface area (Å²) in [6, 6.07) is 0.0512. The largest absolute Gasteiger partial charge is 0.382 e. The maximum Gasteiger partial charge on any atom is 0.130 e. The predicted octanol–water partition coefficient (Wildman–Crippen LogP) is 1.68. The molecule has 1 aromatic rings. The van der Waals surface area contributed by atoms with Gasteiger partial charge in [-0.05, 0) is 26.7 Å². The lowest BCUT2D eigenvalue weighted by molar-refractivity contribution is 0.104. The lowest BCUT2D eigenvalue weighted by Crippen LogP contribution is -2.28. The maximum atomic E-state index is 6.14. The number of rotatable bonds is 5. The standard InChI is InChI=1S/C11H20ClN3O/c1-7(16-4)5-9(13)6-10-8(2)14-15(3)11(10)12/h7,9H,5-6,13H2,1-4H3. The molecular formula is C11H20ClN3O. The van der Waals surface area contributed by atoms with Gasteiger partial charge in [-0.3, -0.25) is 4.68 Å². The van der Waals surface area contributed by atoms with E-state index in [2.05, 4.69) is 5.10 Å². The molecular weight excluding hydrogens is 226 g/mol. The van der Waals surface area contributed by atoms with E-state index in [0.29, 0.717) is 5.15 Å². The molecule has 1 aromatic heterocycles. The summed E-state index contributed by atoms with van der Waals surface area (Å²) in [5.41, 5.74) is 8.05. The summed E-state index contributed by atoms with van der Waals surface area (Å²) in [5, 5.41) is 4.94. The molecule has 4 nitrogen and oxygen atoms in total. The van der Waals surface area contributed by atoms with Crippen LogP contribution in [0.1, 0.15) is 24.6 Å². The summed E-state index contributed by atoms with van der Waals surface area (Å²) in [7, 11) is 3.53. The van der Waals surface area contributed by atoms with Gasteiger partial charge in [-0.2, -0.15) is 5.10 Å². The summed E-state index contributed by atoms with van der Waals surface area (Å²) in [5.74, 6) is 0.